The Kier molecular flexibility index (Phi) is 6.19. The third-order valence-corrected chi connectivity index (χ3v) is 3.55. The van der Waals surface area contributed by atoms with Crippen molar-refractivity contribution in [3.8, 4) is 0 Å². The van der Waals surface area contributed by atoms with E-state index in [1.54, 1.807) is 12.4 Å². The fraction of sp³-hybridized carbons (Fsp3) is 0.467. The molecule has 23 heavy (non-hydrogen) atoms. The van der Waals surface area contributed by atoms with Crippen LogP contribution < -0.4 is 11.5 Å². The van der Waals surface area contributed by atoms with Gasteiger partial charge in [-0.1, -0.05) is 0 Å². The van der Waals surface area contributed by atoms with Crippen molar-refractivity contribution in [2.24, 2.45) is 11.5 Å². The molecule has 0 radical (unpaired) electrons. The van der Waals surface area contributed by atoms with Gasteiger partial charge in [0, 0.05) is 49.5 Å². The van der Waals surface area contributed by atoms with E-state index in [0.29, 0.717) is 32.4 Å². The van der Waals surface area contributed by atoms with Crippen molar-refractivity contribution in [3.63, 3.8) is 0 Å². The van der Waals surface area contributed by atoms with Crippen LogP contribution in [0.3, 0.4) is 0 Å². The Morgan fingerprint density at radius 1 is 0.870 bits per heavy atom. The van der Waals surface area contributed by atoms with E-state index in [2.05, 4.69) is 9.97 Å². The minimum atomic E-state index is -0.0773. The Balaban J connectivity index is 1.86. The molecular formula is C15H22N6O2. The molecule has 0 aromatic carbocycles. The van der Waals surface area contributed by atoms with Crippen LogP contribution in [0.4, 0.5) is 0 Å². The minimum absolute atomic E-state index is 0.0773. The molecule has 0 fully saturated rings. The first kappa shape index (κ1) is 17.0. The molecule has 0 aliphatic heterocycles. The number of aromatic nitrogens is 4. The lowest BCUT2D eigenvalue weighted by Gasteiger charge is -2.07. The highest BCUT2D eigenvalue weighted by Crippen LogP contribution is 2.08. The van der Waals surface area contributed by atoms with Gasteiger partial charge in [-0.3, -0.25) is 18.7 Å². The average molecular weight is 318 g/mol. The molecule has 0 unspecified atom stereocenters. The van der Waals surface area contributed by atoms with Gasteiger partial charge >= 0.3 is 0 Å². The Hall–Kier alpha value is -2.32. The summed E-state index contributed by atoms with van der Waals surface area (Å²) in [5.41, 5.74) is 12.6. The first-order valence-electron chi connectivity index (χ1n) is 7.66. The van der Waals surface area contributed by atoms with Gasteiger partial charge in [0.2, 0.25) is 11.8 Å². The summed E-state index contributed by atoms with van der Waals surface area (Å²) in [4.78, 5) is 32.3. The summed E-state index contributed by atoms with van der Waals surface area (Å²) in [5.74, 6) is -0.155. The summed E-state index contributed by atoms with van der Waals surface area (Å²) >= 11 is 0. The topological polar surface area (TPSA) is 122 Å². The van der Waals surface area contributed by atoms with Crippen molar-refractivity contribution in [3.05, 3.63) is 36.4 Å². The molecule has 0 saturated carbocycles. The minimum Gasteiger partial charge on any atom is -0.330 e. The summed E-state index contributed by atoms with van der Waals surface area (Å²) in [6.07, 6.45) is 8.49. The molecule has 2 aromatic rings. The molecule has 2 rings (SSSR count). The van der Waals surface area contributed by atoms with E-state index in [1.807, 2.05) is 0 Å². The summed E-state index contributed by atoms with van der Waals surface area (Å²) in [5, 5.41) is 0. The monoisotopic (exact) mass is 318 g/mol. The van der Waals surface area contributed by atoms with Crippen molar-refractivity contribution in [2.45, 2.75) is 32.1 Å². The number of hydrogen-bond donors (Lipinski definition) is 2. The van der Waals surface area contributed by atoms with Crippen LogP contribution in [0.25, 0.3) is 0 Å². The first-order chi connectivity index (χ1) is 11.2. The summed E-state index contributed by atoms with van der Waals surface area (Å²) < 4.78 is 3.02. The Labute approximate surface area is 134 Å². The van der Waals surface area contributed by atoms with Crippen molar-refractivity contribution >= 4 is 11.8 Å². The smallest absolute Gasteiger partial charge is 0.232 e. The summed E-state index contributed by atoms with van der Waals surface area (Å²) in [6, 6.07) is 0. The van der Waals surface area contributed by atoms with Gasteiger partial charge in [0.15, 0.2) is 0 Å². The number of nitrogens with two attached hydrogens (primary N) is 2. The van der Waals surface area contributed by atoms with E-state index in [4.69, 9.17) is 11.5 Å². The highest BCUT2D eigenvalue weighted by Gasteiger charge is 2.13. The molecule has 8 nitrogen and oxygen atoms in total. The SMILES string of the molecule is NCCc1cncn1C(=O)CCCC(=O)n1cncc1CCN. The van der Waals surface area contributed by atoms with Gasteiger partial charge in [-0.15, -0.1) is 0 Å². The van der Waals surface area contributed by atoms with Crippen LogP contribution in [0, 0.1) is 0 Å². The van der Waals surface area contributed by atoms with E-state index in [-0.39, 0.29) is 24.7 Å². The van der Waals surface area contributed by atoms with Crippen LogP contribution >= 0.6 is 0 Å². The maximum atomic E-state index is 12.2. The maximum absolute atomic E-state index is 12.2. The van der Waals surface area contributed by atoms with E-state index in [9.17, 15) is 9.59 Å². The Bertz CT molecular complexity index is 604. The molecular weight excluding hydrogens is 296 g/mol. The van der Waals surface area contributed by atoms with Crippen LogP contribution in [-0.2, 0) is 12.8 Å². The standard InChI is InChI=1S/C15H22N6O2/c16-6-4-12-8-18-10-20(12)14(22)2-1-3-15(23)21-11-19-9-13(21)5-7-17/h8-11H,1-7,16-17H2. The molecule has 0 amide bonds. The third-order valence-electron chi connectivity index (χ3n) is 3.55. The lowest BCUT2D eigenvalue weighted by molar-refractivity contribution is 0.0871. The van der Waals surface area contributed by atoms with Gasteiger partial charge in [0.05, 0.1) is 0 Å². The van der Waals surface area contributed by atoms with E-state index < -0.39 is 0 Å². The Morgan fingerprint density at radius 3 is 1.70 bits per heavy atom. The van der Waals surface area contributed by atoms with Gasteiger partial charge < -0.3 is 11.5 Å². The second kappa shape index (κ2) is 8.35. The normalized spacial score (nSPS) is 10.9. The molecule has 4 N–H and O–H groups in total. The molecule has 0 bridgehead atoms. The number of rotatable bonds is 8. The number of hydrogen-bond acceptors (Lipinski definition) is 6. The largest absolute Gasteiger partial charge is 0.330 e. The van der Waals surface area contributed by atoms with Crippen LogP contribution in [0.5, 0.6) is 0 Å². The van der Waals surface area contributed by atoms with Gasteiger partial charge in [0.25, 0.3) is 0 Å². The quantitative estimate of drug-likeness (QED) is 0.718. The molecule has 0 saturated heterocycles. The molecule has 0 spiro atoms. The molecule has 2 aromatic heterocycles. The highest BCUT2D eigenvalue weighted by molar-refractivity contribution is 5.82. The van der Waals surface area contributed by atoms with Crippen LogP contribution in [-0.4, -0.2) is 44.0 Å². The molecule has 8 heteroatoms. The third kappa shape index (κ3) is 4.33. The van der Waals surface area contributed by atoms with Gasteiger partial charge in [-0.05, 0) is 19.5 Å². The number of nitrogens with zero attached hydrogens (tertiary/aromatic N) is 4. The number of carbonyl (C=O) groups is 2. The van der Waals surface area contributed by atoms with Crippen molar-refractivity contribution in [1.29, 1.82) is 0 Å². The van der Waals surface area contributed by atoms with Gasteiger partial charge in [-0.2, -0.15) is 0 Å². The number of imidazole rings is 2. The van der Waals surface area contributed by atoms with E-state index in [1.165, 1.54) is 21.8 Å². The summed E-state index contributed by atoms with van der Waals surface area (Å²) in [6.45, 7) is 0.921. The molecule has 2 heterocycles. The predicted molar refractivity (Wildman–Crippen MR) is 85.1 cm³/mol. The van der Waals surface area contributed by atoms with Crippen LogP contribution in [0.15, 0.2) is 25.0 Å². The van der Waals surface area contributed by atoms with E-state index in [0.717, 1.165) is 11.4 Å². The fourth-order valence-electron chi connectivity index (χ4n) is 2.39. The molecule has 0 aliphatic carbocycles. The zero-order chi connectivity index (χ0) is 16.7. The van der Waals surface area contributed by atoms with Gasteiger partial charge in [0.1, 0.15) is 12.7 Å². The zero-order valence-corrected chi connectivity index (χ0v) is 13.0. The second-order valence-electron chi connectivity index (χ2n) is 5.23. The highest BCUT2D eigenvalue weighted by atomic mass is 16.2. The molecule has 124 valence electrons. The van der Waals surface area contributed by atoms with Crippen LogP contribution in [0.2, 0.25) is 0 Å². The summed E-state index contributed by atoms with van der Waals surface area (Å²) in [7, 11) is 0. The predicted octanol–water partition coefficient (Wildman–Crippen LogP) is 0.233. The van der Waals surface area contributed by atoms with Crippen molar-refractivity contribution in [1.82, 2.24) is 19.1 Å². The fourth-order valence-corrected chi connectivity index (χ4v) is 2.39. The first-order valence-corrected chi connectivity index (χ1v) is 7.66. The average Bonchev–Trinajstić information content (AvgIpc) is 3.17. The van der Waals surface area contributed by atoms with Crippen molar-refractivity contribution in [2.75, 3.05) is 13.1 Å². The van der Waals surface area contributed by atoms with Gasteiger partial charge in [-0.25, -0.2) is 9.97 Å². The molecule has 0 atom stereocenters. The second-order valence-corrected chi connectivity index (χ2v) is 5.23. The lowest BCUT2D eigenvalue weighted by atomic mass is 10.2. The molecule has 0 aliphatic rings. The zero-order valence-electron chi connectivity index (χ0n) is 13.0. The van der Waals surface area contributed by atoms with E-state index >= 15 is 0 Å². The lowest BCUT2D eigenvalue weighted by Crippen LogP contribution is -2.17. The Morgan fingerprint density at radius 2 is 1.30 bits per heavy atom. The maximum Gasteiger partial charge on any atom is 0.232 e. The van der Waals surface area contributed by atoms with Crippen molar-refractivity contribution < 1.29 is 9.59 Å². The number of carbonyl (C=O) groups excluding carboxylic acids is 2. The van der Waals surface area contributed by atoms with Crippen LogP contribution in [0.1, 0.15) is 40.2 Å².